The van der Waals surface area contributed by atoms with E-state index < -0.39 is 11.3 Å². The van der Waals surface area contributed by atoms with Crippen LogP contribution in [-0.4, -0.2) is 37.9 Å². The highest BCUT2D eigenvalue weighted by atomic mass is 32.2. The summed E-state index contributed by atoms with van der Waals surface area (Å²) in [5.74, 6) is 0. The standard InChI is InChI=1S/C6H15NO3S/c1-2-3-4-7(5-6-8)11(9)10/h8H,2-6H2,1H3,(H,9,10). The van der Waals surface area contributed by atoms with E-state index in [0.717, 1.165) is 12.8 Å². The van der Waals surface area contributed by atoms with Gasteiger partial charge in [0.1, 0.15) is 0 Å². The van der Waals surface area contributed by atoms with Crippen molar-refractivity contribution in [2.45, 2.75) is 19.8 Å². The lowest BCUT2D eigenvalue weighted by Gasteiger charge is -2.14. The minimum absolute atomic E-state index is 0.0734. The Morgan fingerprint density at radius 2 is 2.09 bits per heavy atom. The summed E-state index contributed by atoms with van der Waals surface area (Å²) in [4.78, 5) is 0. The van der Waals surface area contributed by atoms with E-state index in [1.54, 1.807) is 0 Å². The molecule has 0 saturated heterocycles. The van der Waals surface area contributed by atoms with Gasteiger partial charge in [-0.3, -0.25) is 4.55 Å². The van der Waals surface area contributed by atoms with Crippen LogP contribution in [0.15, 0.2) is 0 Å². The Morgan fingerprint density at radius 3 is 2.45 bits per heavy atom. The molecule has 1 unspecified atom stereocenters. The summed E-state index contributed by atoms with van der Waals surface area (Å²) in [6, 6.07) is 0. The van der Waals surface area contributed by atoms with Crippen LogP contribution >= 0.6 is 0 Å². The Labute approximate surface area is 69.6 Å². The predicted molar refractivity (Wildman–Crippen MR) is 44.3 cm³/mol. The molecule has 0 aromatic rings. The van der Waals surface area contributed by atoms with Crippen LogP contribution in [0.1, 0.15) is 19.8 Å². The Balaban J connectivity index is 3.60. The molecule has 0 bridgehead atoms. The van der Waals surface area contributed by atoms with Crippen molar-refractivity contribution in [2.75, 3.05) is 19.7 Å². The fourth-order valence-corrected chi connectivity index (χ4v) is 1.24. The molecule has 1 atom stereocenters. The van der Waals surface area contributed by atoms with Crippen LogP contribution in [0.25, 0.3) is 0 Å². The SMILES string of the molecule is CCCCN(CCO)S(=O)O. The highest BCUT2D eigenvalue weighted by Crippen LogP contribution is 1.96. The molecule has 11 heavy (non-hydrogen) atoms. The lowest BCUT2D eigenvalue weighted by Crippen LogP contribution is -2.29. The van der Waals surface area contributed by atoms with Crippen LogP contribution in [0.3, 0.4) is 0 Å². The van der Waals surface area contributed by atoms with Crippen LogP contribution in [0.5, 0.6) is 0 Å². The molecule has 0 amide bonds. The summed E-state index contributed by atoms with van der Waals surface area (Å²) in [5, 5.41) is 8.50. The summed E-state index contributed by atoms with van der Waals surface area (Å²) in [5.41, 5.74) is 0. The Hall–Kier alpha value is 0.0300. The molecule has 0 spiro atoms. The van der Waals surface area contributed by atoms with Gasteiger partial charge < -0.3 is 5.11 Å². The van der Waals surface area contributed by atoms with E-state index >= 15 is 0 Å². The largest absolute Gasteiger partial charge is 0.395 e. The lowest BCUT2D eigenvalue weighted by atomic mass is 10.3. The maximum atomic E-state index is 10.5. The number of aliphatic hydroxyl groups excluding tert-OH is 1. The number of aliphatic hydroxyl groups is 1. The molecule has 0 aliphatic heterocycles. The fourth-order valence-electron chi connectivity index (χ4n) is 0.714. The average molecular weight is 181 g/mol. The van der Waals surface area contributed by atoms with Gasteiger partial charge in [-0.2, -0.15) is 4.31 Å². The summed E-state index contributed by atoms with van der Waals surface area (Å²) in [6.07, 6.45) is 1.87. The highest BCUT2D eigenvalue weighted by Gasteiger charge is 2.07. The van der Waals surface area contributed by atoms with Gasteiger partial charge in [-0.15, -0.1) is 0 Å². The van der Waals surface area contributed by atoms with Crippen LogP contribution < -0.4 is 0 Å². The maximum Gasteiger partial charge on any atom is 0.234 e. The number of hydrogen-bond donors (Lipinski definition) is 2. The molecular weight excluding hydrogens is 166 g/mol. The van der Waals surface area contributed by atoms with E-state index in [1.165, 1.54) is 4.31 Å². The quantitative estimate of drug-likeness (QED) is 0.576. The van der Waals surface area contributed by atoms with Crippen molar-refractivity contribution in [2.24, 2.45) is 0 Å². The molecule has 0 aliphatic carbocycles. The third-order valence-corrected chi connectivity index (χ3v) is 2.14. The Bertz CT molecular complexity index is 120. The van der Waals surface area contributed by atoms with Gasteiger partial charge in [-0.25, -0.2) is 4.21 Å². The number of nitrogens with zero attached hydrogens (tertiary/aromatic N) is 1. The van der Waals surface area contributed by atoms with Crippen molar-refractivity contribution in [1.82, 2.24) is 4.31 Å². The van der Waals surface area contributed by atoms with Crippen molar-refractivity contribution >= 4 is 11.3 Å². The molecule has 0 aliphatic rings. The van der Waals surface area contributed by atoms with Crippen molar-refractivity contribution in [3.05, 3.63) is 0 Å². The van der Waals surface area contributed by atoms with Crippen molar-refractivity contribution < 1.29 is 13.9 Å². The topological polar surface area (TPSA) is 60.8 Å². The molecule has 0 rings (SSSR count). The Morgan fingerprint density at radius 1 is 1.45 bits per heavy atom. The van der Waals surface area contributed by atoms with Gasteiger partial charge >= 0.3 is 0 Å². The molecule has 5 heteroatoms. The first kappa shape index (κ1) is 11.0. The first-order valence-corrected chi connectivity index (χ1v) is 4.75. The van der Waals surface area contributed by atoms with Crippen molar-refractivity contribution in [1.29, 1.82) is 0 Å². The van der Waals surface area contributed by atoms with Crippen molar-refractivity contribution in [3.8, 4) is 0 Å². The van der Waals surface area contributed by atoms with Gasteiger partial charge in [-0.1, -0.05) is 13.3 Å². The van der Waals surface area contributed by atoms with Gasteiger partial charge in [0.05, 0.1) is 6.61 Å². The molecule has 0 radical (unpaired) electrons. The molecular formula is C6H15NO3S. The van der Waals surface area contributed by atoms with Crippen LogP contribution in [0.4, 0.5) is 0 Å². The zero-order valence-electron chi connectivity index (χ0n) is 6.69. The summed E-state index contributed by atoms with van der Waals surface area (Å²) >= 11 is -1.93. The summed E-state index contributed by atoms with van der Waals surface area (Å²) in [6.45, 7) is 2.77. The number of unbranched alkanes of at least 4 members (excludes halogenated alkanes) is 1. The predicted octanol–water partition coefficient (Wildman–Crippen LogP) is 0.218. The van der Waals surface area contributed by atoms with E-state index in [2.05, 4.69) is 0 Å². The van der Waals surface area contributed by atoms with Gasteiger partial charge in [-0.05, 0) is 6.42 Å². The summed E-state index contributed by atoms with van der Waals surface area (Å²) in [7, 11) is 0. The molecule has 0 aromatic heterocycles. The second-order valence-electron chi connectivity index (χ2n) is 2.24. The van der Waals surface area contributed by atoms with E-state index in [1.807, 2.05) is 6.92 Å². The van der Waals surface area contributed by atoms with E-state index in [4.69, 9.17) is 9.66 Å². The lowest BCUT2D eigenvalue weighted by molar-refractivity contribution is 0.250. The minimum atomic E-state index is -1.93. The van der Waals surface area contributed by atoms with Gasteiger partial charge in [0.25, 0.3) is 0 Å². The normalized spacial score (nSPS) is 13.8. The molecule has 2 N–H and O–H groups in total. The second kappa shape index (κ2) is 6.72. The van der Waals surface area contributed by atoms with Gasteiger partial charge in [0, 0.05) is 13.1 Å². The maximum absolute atomic E-state index is 10.5. The molecule has 68 valence electrons. The first-order valence-electron chi connectivity index (χ1n) is 3.69. The monoisotopic (exact) mass is 181 g/mol. The van der Waals surface area contributed by atoms with Crippen LogP contribution in [0, 0.1) is 0 Å². The molecule has 0 heterocycles. The zero-order valence-corrected chi connectivity index (χ0v) is 7.51. The molecule has 4 nitrogen and oxygen atoms in total. The molecule has 0 fully saturated rings. The highest BCUT2D eigenvalue weighted by molar-refractivity contribution is 7.76. The third-order valence-electron chi connectivity index (χ3n) is 1.33. The zero-order chi connectivity index (χ0) is 8.69. The number of rotatable bonds is 6. The fraction of sp³-hybridized carbons (Fsp3) is 1.00. The average Bonchev–Trinajstić information content (AvgIpc) is 1.97. The minimum Gasteiger partial charge on any atom is -0.395 e. The number of hydrogen-bond acceptors (Lipinski definition) is 2. The van der Waals surface area contributed by atoms with E-state index in [9.17, 15) is 4.21 Å². The second-order valence-corrected chi connectivity index (χ2v) is 3.21. The Kier molecular flexibility index (Phi) is 6.74. The van der Waals surface area contributed by atoms with Crippen molar-refractivity contribution in [3.63, 3.8) is 0 Å². The molecule has 0 saturated carbocycles. The molecule has 0 aromatic carbocycles. The smallest absolute Gasteiger partial charge is 0.234 e. The van der Waals surface area contributed by atoms with E-state index in [-0.39, 0.29) is 13.2 Å². The van der Waals surface area contributed by atoms with E-state index in [0.29, 0.717) is 6.54 Å². The summed E-state index contributed by atoms with van der Waals surface area (Å²) < 4.78 is 20.5. The van der Waals surface area contributed by atoms with Gasteiger partial charge in [0.2, 0.25) is 11.3 Å². The van der Waals surface area contributed by atoms with Gasteiger partial charge in [0.15, 0.2) is 0 Å². The third kappa shape index (κ3) is 5.32. The first-order chi connectivity index (χ1) is 5.22. The van der Waals surface area contributed by atoms with Crippen LogP contribution in [-0.2, 0) is 11.3 Å². The van der Waals surface area contributed by atoms with Crippen LogP contribution in [0.2, 0.25) is 0 Å².